The van der Waals surface area contributed by atoms with Crippen molar-refractivity contribution in [1.82, 2.24) is 15.2 Å². The molecule has 0 atom stereocenters. The van der Waals surface area contributed by atoms with Gasteiger partial charge in [0.1, 0.15) is 11.1 Å². The van der Waals surface area contributed by atoms with Crippen molar-refractivity contribution in [2.45, 2.75) is 28.9 Å². The fourth-order valence-corrected chi connectivity index (χ4v) is 4.63. The van der Waals surface area contributed by atoms with Gasteiger partial charge in [-0.25, -0.2) is 9.78 Å². The van der Waals surface area contributed by atoms with Crippen LogP contribution in [0.15, 0.2) is 71.0 Å². The van der Waals surface area contributed by atoms with Crippen LogP contribution in [-0.2, 0) is 11.5 Å². The molecule has 0 amide bonds. The summed E-state index contributed by atoms with van der Waals surface area (Å²) in [6, 6.07) is 12.6. The van der Waals surface area contributed by atoms with E-state index in [2.05, 4.69) is 15.2 Å². The Morgan fingerprint density at radius 3 is 2.68 bits per heavy atom. The highest BCUT2D eigenvalue weighted by atomic mass is 35.5. The Labute approximate surface area is 189 Å². The number of oxazole rings is 1. The van der Waals surface area contributed by atoms with Crippen molar-refractivity contribution in [3.63, 3.8) is 0 Å². The molecule has 0 aliphatic carbocycles. The van der Waals surface area contributed by atoms with Crippen molar-refractivity contribution < 1.29 is 13.3 Å². The first-order valence-electron chi connectivity index (χ1n) is 9.21. The first-order valence-corrected chi connectivity index (χ1v) is 11.6. The Hall–Kier alpha value is -2.75. The molecule has 156 valence electrons. The quantitative estimate of drug-likeness (QED) is 0.222. The Morgan fingerprint density at radius 2 is 1.77 bits per heavy atom. The Kier molecular flexibility index (Phi) is 5.47. The molecule has 0 spiro atoms. The topological polar surface area (TPSA) is 95.2 Å². The van der Waals surface area contributed by atoms with Gasteiger partial charge >= 0.3 is 5.63 Å². The molecule has 5 rings (SSSR count). The molecule has 0 aliphatic rings. The number of aryl methyl sites for hydroxylation is 1. The van der Waals surface area contributed by atoms with Gasteiger partial charge in [0.15, 0.2) is 5.58 Å². The monoisotopic (exact) mass is 471 g/mol. The van der Waals surface area contributed by atoms with Crippen molar-refractivity contribution in [2.75, 3.05) is 0 Å². The summed E-state index contributed by atoms with van der Waals surface area (Å²) < 4.78 is 16.7. The van der Waals surface area contributed by atoms with Gasteiger partial charge < -0.3 is 13.3 Å². The van der Waals surface area contributed by atoms with E-state index in [1.54, 1.807) is 18.2 Å². The average molecular weight is 472 g/mol. The fraction of sp³-hybridized carbons (Fsp3) is 0.143. The second-order valence-electron chi connectivity index (χ2n) is 6.72. The number of fused-ring (bicyclic) bond motifs is 2. The zero-order valence-corrected chi connectivity index (χ0v) is 18.5. The number of thioether (sulfide) groups is 2. The molecule has 2 aromatic carbocycles. The maximum atomic E-state index is 11.9. The van der Waals surface area contributed by atoms with Crippen molar-refractivity contribution in [3.8, 4) is 0 Å². The molecular weight excluding hydrogens is 458 g/mol. The molecule has 7 nitrogen and oxygen atoms in total. The van der Waals surface area contributed by atoms with Gasteiger partial charge in [-0.1, -0.05) is 47.3 Å². The third-order valence-corrected chi connectivity index (χ3v) is 6.35. The summed E-state index contributed by atoms with van der Waals surface area (Å²) in [6.07, 6.45) is 0. The standard InChI is InChI=1S/C21H14ClN3O4S2/c1-11-2-4-14-12(7-19(26)27-17(14)6-11)9-30-21-25-24-18(29-21)10-31-20-23-15-8-13(22)3-5-16(15)28-20/h2-8H,9-10H2,1H3. The summed E-state index contributed by atoms with van der Waals surface area (Å²) in [5, 5.41) is 10.6. The van der Waals surface area contributed by atoms with E-state index in [1.807, 2.05) is 25.1 Å². The van der Waals surface area contributed by atoms with Crippen LogP contribution in [0, 0.1) is 6.92 Å². The first-order chi connectivity index (χ1) is 15.0. The summed E-state index contributed by atoms with van der Waals surface area (Å²) in [7, 11) is 0. The first kappa shape index (κ1) is 20.2. The van der Waals surface area contributed by atoms with E-state index >= 15 is 0 Å². The van der Waals surface area contributed by atoms with Gasteiger partial charge in [-0.05, 0) is 42.3 Å². The maximum absolute atomic E-state index is 11.9. The third-order valence-electron chi connectivity index (χ3n) is 4.43. The highest BCUT2D eigenvalue weighted by Gasteiger charge is 2.13. The van der Waals surface area contributed by atoms with Crippen LogP contribution in [-0.4, -0.2) is 15.2 Å². The minimum atomic E-state index is -0.379. The zero-order valence-electron chi connectivity index (χ0n) is 16.1. The lowest BCUT2D eigenvalue weighted by atomic mass is 10.1. The molecule has 5 aromatic rings. The molecule has 10 heteroatoms. The second-order valence-corrected chi connectivity index (χ2v) is 9.01. The van der Waals surface area contributed by atoms with Gasteiger partial charge in [0.2, 0.25) is 5.89 Å². The van der Waals surface area contributed by atoms with Crippen LogP contribution in [0.2, 0.25) is 5.02 Å². The van der Waals surface area contributed by atoms with Gasteiger partial charge in [0.25, 0.3) is 10.4 Å². The predicted octanol–water partition coefficient (Wildman–Crippen LogP) is 5.86. The van der Waals surface area contributed by atoms with E-state index in [9.17, 15) is 4.79 Å². The van der Waals surface area contributed by atoms with Gasteiger partial charge in [-0.3, -0.25) is 0 Å². The number of aromatic nitrogens is 3. The lowest BCUT2D eigenvalue weighted by Gasteiger charge is -2.04. The summed E-state index contributed by atoms with van der Waals surface area (Å²) in [5.41, 5.74) is 3.45. The van der Waals surface area contributed by atoms with Crippen LogP contribution >= 0.6 is 35.1 Å². The van der Waals surface area contributed by atoms with Crippen molar-refractivity contribution in [2.24, 2.45) is 0 Å². The van der Waals surface area contributed by atoms with Gasteiger partial charge in [0, 0.05) is 22.2 Å². The van der Waals surface area contributed by atoms with Crippen LogP contribution in [0.3, 0.4) is 0 Å². The summed E-state index contributed by atoms with van der Waals surface area (Å²) >= 11 is 8.70. The van der Waals surface area contributed by atoms with Crippen LogP contribution < -0.4 is 5.63 Å². The fourth-order valence-electron chi connectivity index (χ4n) is 3.02. The molecule has 0 aliphatic heterocycles. The Balaban J connectivity index is 1.26. The van der Waals surface area contributed by atoms with Gasteiger partial charge in [-0.2, -0.15) is 0 Å². The summed E-state index contributed by atoms with van der Waals surface area (Å²) in [6.45, 7) is 1.95. The second kappa shape index (κ2) is 8.41. The van der Waals surface area contributed by atoms with Gasteiger partial charge in [-0.15, -0.1) is 10.2 Å². The van der Waals surface area contributed by atoms with Crippen molar-refractivity contribution >= 4 is 57.2 Å². The largest absolute Gasteiger partial charge is 0.431 e. The lowest BCUT2D eigenvalue weighted by molar-refractivity contribution is 0.425. The van der Waals surface area contributed by atoms with Crippen molar-refractivity contribution in [1.29, 1.82) is 0 Å². The highest BCUT2D eigenvalue weighted by Crippen LogP contribution is 2.30. The molecule has 0 unspecified atom stereocenters. The predicted molar refractivity (Wildman–Crippen MR) is 120 cm³/mol. The number of hydrogen-bond acceptors (Lipinski definition) is 9. The molecule has 0 bridgehead atoms. The van der Waals surface area contributed by atoms with Gasteiger partial charge in [0.05, 0.1) is 5.75 Å². The number of halogens is 1. The van der Waals surface area contributed by atoms with E-state index < -0.39 is 0 Å². The van der Waals surface area contributed by atoms with Crippen LogP contribution in [0.25, 0.3) is 22.1 Å². The molecule has 0 saturated heterocycles. The SMILES string of the molecule is Cc1ccc2c(CSc3nnc(CSc4nc5cc(Cl)ccc5o4)o3)cc(=O)oc2c1. The normalized spacial score (nSPS) is 11.5. The molecule has 0 radical (unpaired) electrons. The third kappa shape index (κ3) is 4.48. The maximum Gasteiger partial charge on any atom is 0.336 e. The average Bonchev–Trinajstić information content (AvgIpc) is 3.36. The highest BCUT2D eigenvalue weighted by molar-refractivity contribution is 7.98. The molecule has 3 heterocycles. The molecule has 0 fully saturated rings. The minimum absolute atomic E-state index is 0.379. The number of nitrogens with zero attached hydrogens (tertiary/aromatic N) is 3. The lowest BCUT2D eigenvalue weighted by Crippen LogP contribution is -2.00. The smallest absolute Gasteiger partial charge is 0.336 e. The van der Waals surface area contributed by atoms with Crippen LogP contribution in [0.5, 0.6) is 0 Å². The van der Waals surface area contributed by atoms with E-state index in [4.69, 9.17) is 24.9 Å². The molecule has 0 N–H and O–H groups in total. The summed E-state index contributed by atoms with van der Waals surface area (Å²) in [5.74, 6) is 1.39. The molecule has 31 heavy (non-hydrogen) atoms. The van der Waals surface area contributed by atoms with Crippen molar-refractivity contribution in [3.05, 3.63) is 74.9 Å². The molecular formula is C21H14ClN3O4S2. The van der Waals surface area contributed by atoms with E-state index in [0.717, 1.165) is 16.5 Å². The van der Waals surface area contributed by atoms with E-state index in [1.165, 1.54) is 29.6 Å². The van der Waals surface area contributed by atoms with Crippen LogP contribution in [0.1, 0.15) is 17.0 Å². The molecule has 0 saturated carbocycles. The van der Waals surface area contributed by atoms with E-state index in [-0.39, 0.29) is 5.63 Å². The minimum Gasteiger partial charge on any atom is -0.431 e. The van der Waals surface area contributed by atoms with Crippen LogP contribution in [0.4, 0.5) is 0 Å². The Morgan fingerprint density at radius 1 is 0.903 bits per heavy atom. The Bertz CT molecular complexity index is 1460. The summed E-state index contributed by atoms with van der Waals surface area (Å²) in [4.78, 5) is 16.3. The number of rotatable bonds is 6. The number of hydrogen-bond donors (Lipinski definition) is 0. The van der Waals surface area contributed by atoms with E-state index in [0.29, 0.717) is 49.5 Å². The number of benzene rings is 2. The zero-order chi connectivity index (χ0) is 21.4. The molecule has 3 aromatic heterocycles.